The normalized spacial score (nSPS) is 13.7. The zero-order chi connectivity index (χ0) is 9.38. The van der Waals surface area contributed by atoms with Crippen molar-refractivity contribution in [3.05, 3.63) is 35.9 Å². The van der Waals surface area contributed by atoms with Crippen molar-refractivity contribution in [1.29, 1.82) is 0 Å². The van der Waals surface area contributed by atoms with Crippen LogP contribution in [0.3, 0.4) is 0 Å². The van der Waals surface area contributed by atoms with Gasteiger partial charge in [0.2, 0.25) is 5.88 Å². The number of nitrogens with one attached hydrogen (secondary N) is 1. The fourth-order valence-corrected chi connectivity index (χ4v) is 1.80. The predicted molar refractivity (Wildman–Crippen MR) is 54.1 cm³/mol. The van der Waals surface area contributed by atoms with Crippen LogP contribution in [0, 0.1) is 0 Å². The van der Waals surface area contributed by atoms with Crippen LogP contribution in [0.5, 0.6) is 0 Å². The maximum atomic E-state index is 5.20. The summed E-state index contributed by atoms with van der Waals surface area (Å²) < 4.78 is 5.20. The first kappa shape index (κ1) is 7.62. The van der Waals surface area contributed by atoms with Gasteiger partial charge in [0.1, 0.15) is 5.69 Å². The molecule has 0 spiro atoms. The Labute approximate surface area is 81.7 Å². The number of rotatable bonds is 1. The average Bonchev–Trinajstić information content (AvgIpc) is 2.79. The van der Waals surface area contributed by atoms with Crippen LogP contribution in [-0.2, 0) is 6.42 Å². The smallest absolute Gasteiger partial charge is 0.228 e. The number of hydrogen-bond donors (Lipinski definition) is 1. The first-order valence-electron chi connectivity index (χ1n) is 4.73. The van der Waals surface area contributed by atoms with Gasteiger partial charge < -0.3 is 9.84 Å². The second-order valence-electron chi connectivity index (χ2n) is 3.38. The SMILES string of the molecule is c1ccc(-c2noc3c2CCN3)cc1. The lowest BCUT2D eigenvalue weighted by atomic mass is 10.1. The van der Waals surface area contributed by atoms with Gasteiger partial charge in [0.05, 0.1) is 0 Å². The molecule has 0 atom stereocenters. The molecule has 3 rings (SSSR count). The largest absolute Gasteiger partial charge is 0.353 e. The molecule has 1 aliphatic heterocycles. The highest BCUT2D eigenvalue weighted by molar-refractivity contribution is 5.69. The van der Waals surface area contributed by atoms with E-state index in [2.05, 4.69) is 22.6 Å². The summed E-state index contributed by atoms with van der Waals surface area (Å²) in [6.45, 7) is 0.955. The quantitative estimate of drug-likeness (QED) is 0.742. The minimum Gasteiger partial charge on any atom is -0.353 e. The van der Waals surface area contributed by atoms with Crippen molar-refractivity contribution < 1.29 is 4.52 Å². The lowest BCUT2D eigenvalue weighted by Gasteiger charge is -1.95. The van der Waals surface area contributed by atoms with E-state index in [1.807, 2.05) is 18.2 Å². The molecule has 0 radical (unpaired) electrons. The Kier molecular flexibility index (Phi) is 1.56. The van der Waals surface area contributed by atoms with Crippen molar-refractivity contribution in [3.8, 4) is 11.3 Å². The molecule has 14 heavy (non-hydrogen) atoms. The average molecular weight is 186 g/mol. The lowest BCUT2D eigenvalue weighted by Crippen LogP contribution is -1.92. The van der Waals surface area contributed by atoms with Crippen LogP contribution in [0.15, 0.2) is 34.9 Å². The molecule has 70 valence electrons. The van der Waals surface area contributed by atoms with Crippen molar-refractivity contribution in [2.24, 2.45) is 0 Å². The second-order valence-corrected chi connectivity index (χ2v) is 3.38. The molecule has 0 aliphatic carbocycles. The molecular weight excluding hydrogens is 176 g/mol. The van der Waals surface area contributed by atoms with Crippen LogP contribution in [0.2, 0.25) is 0 Å². The van der Waals surface area contributed by atoms with Crippen LogP contribution in [0.1, 0.15) is 5.56 Å². The van der Waals surface area contributed by atoms with E-state index < -0.39 is 0 Å². The Morgan fingerprint density at radius 2 is 2.07 bits per heavy atom. The molecule has 0 saturated carbocycles. The summed E-state index contributed by atoms with van der Waals surface area (Å²) in [5.74, 6) is 0.837. The van der Waals surface area contributed by atoms with Crippen LogP contribution in [0.25, 0.3) is 11.3 Å². The van der Waals surface area contributed by atoms with Gasteiger partial charge in [-0.15, -0.1) is 0 Å². The van der Waals surface area contributed by atoms with Crippen LogP contribution in [0.4, 0.5) is 5.88 Å². The van der Waals surface area contributed by atoms with Gasteiger partial charge in [-0.2, -0.15) is 0 Å². The van der Waals surface area contributed by atoms with Gasteiger partial charge >= 0.3 is 0 Å². The van der Waals surface area contributed by atoms with E-state index in [-0.39, 0.29) is 0 Å². The van der Waals surface area contributed by atoms with Crippen molar-refractivity contribution in [3.63, 3.8) is 0 Å². The Balaban J connectivity index is 2.13. The van der Waals surface area contributed by atoms with Gasteiger partial charge in [-0.05, 0) is 6.42 Å². The summed E-state index contributed by atoms with van der Waals surface area (Å²) in [7, 11) is 0. The van der Waals surface area contributed by atoms with Gasteiger partial charge in [-0.25, -0.2) is 0 Å². The Hall–Kier alpha value is -1.77. The van der Waals surface area contributed by atoms with Crippen molar-refractivity contribution >= 4 is 5.88 Å². The standard InChI is InChI=1S/C11H10N2O/c1-2-4-8(5-3-1)10-9-6-7-12-11(9)14-13-10/h1-5,12H,6-7H2. The highest BCUT2D eigenvalue weighted by Gasteiger charge is 2.21. The van der Waals surface area contributed by atoms with Crippen molar-refractivity contribution in [2.75, 3.05) is 11.9 Å². The molecule has 0 amide bonds. The molecular formula is C11H10N2O. The maximum absolute atomic E-state index is 5.20. The fraction of sp³-hybridized carbons (Fsp3) is 0.182. The van der Waals surface area contributed by atoms with Gasteiger partial charge in [0.25, 0.3) is 0 Å². The molecule has 0 unspecified atom stereocenters. The highest BCUT2D eigenvalue weighted by atomic mass is 16.5. The third kappa shape index (κ3) is 1.02. The number of hydrogen-bond acceptors (Lipinski definition) is 3. The summed E-state index contributed by atoms with van der Waals surface area (Å²) in [5.41, 5.74) is 3.31. The van der Waals surface area contributed by atoms with Crippen LogP contribution >= 0.6 is 0 Å². The topological polar surface area (TPSA) is 38.1 Å². The van der Waals surface area contributed by atoms with Crippen LogP contribution < -0.4 is 5.32 Å². The molecule has 2 aromatic rings. The van der Waals surface area contributed by atoms with E-state index in [0.717, 1.165) is 30.1 Å². The van der Waals surface area contributed by atoms with E-state index in [0.29, 0.717) is 0 Å². The lowest BCUT2D eigenvalue weighted by molar-refractivity contribution is 0.436. The zero-order valence-corrected chi connectivity index (χ0v) is 7.66. The minimum atomic E-state index is 0.837. The third-order valence-corrected chi connectivity index (χ3v) is 2.50. The predicted octanol–water partition coefficient (Wildman–Crippen LogP) is 2.31. The highest BCUT2D eigenvalue weighted by Crippen LogP contribution is 2.31. The first-order chi connectivity index (χ1) is 6.95. The molecule has 0 bridgehead atoms. The molecule has 3 nitrogen and oxygen atoms in total. The summed E-state index contributed by atoms with van der Waals surface area (Å²) in [4.78, 5) is 0. The zero-order valence-electron chi connectivity index (χ0n) is 7.66. The Morgan fingerprint density at radius 1 is 1.21 bits per heavy atom. The van der Waals surface area contributed by atoms with Crippen molar-refractivity contribution in [1.82, 2.24) is 5.16 Å². The first-order valence-corrected chi connectivity index (χ1v) is 4.73. The molecule has 1 aromatic carbocycles. The third-order valence-electron chi connectivity index (χ3n) is 2.50. The minimum absolute atomic E-state index is 0.837. The number of aromatic nitrogens is 1. The molecule has 2 heterocycles. The molecule has 1 aliphatic rings. The van der Waals surface area contributed by atoms with E-state index >= 15 is 0 Å². The Bertz CT molecular complexity index is 448. The summed E-state index contributed by atoms with van der Waals surface area (Å²) >= 11 is 0. The van der Waals surface area contributed by atoms with Gasteiger partial charge in [0, 0.05) is 17.7 Å². The maximum Gasteiger partial charge on any atom is 0.228 e. The number of anilines is 1. The molecule has 1 N–H and O–H groups in total. The molecule has 0 saturated heterocycles. The summed E-state index contributed by atoms with van der Waals surface area (Å²) in [6.07, 6.45) is 1.00. The van der Waals surface area contributed by atoms with E-state index in [1.54, 1.807) is 0 Å². The van der Waals surface area contributed by atoms with E-state index in [1.165, 1.54) is 5.56 Å². The fourth-order valence-electron chi connectivity index (χ4n) is 1.80. The van der Waals surface area contributed by atoms with E-state index in [9.17, 15) is 0 Å². The molecule has 0 fully saturated rings. The van der Waals surface area contributed by atoms with Gasteiger partial charge in [-0.1, -0.05) is 35.5 Å². The summed E-state index contributed by atoms with van der Waals surface area (Å²) in [5, 5.41) is 7.23. The second kappa shape index (κ2) is 2.87. The van der Waals surface area contributed by atoms with Gasteiger partial charge in [-0.3, -0.25) is 0 Å². The number of benzene rings is 1. The Morgan fingerprint density at radius 3 is 2.93 bits per heavy atom. The monoisotopic (exact) mass is 186 g/mol. The molecule has 3 heteroatoms. The number of fused-ring (bicyclic) bond motifs is 1. The van der Waals surface area contributed by atoms with Crippen LogP contribution in [-0.4, -0.2) is 11.7 Å². The number of nitrogens with zero attached hydrogens (tertiary/aromatic N) is 1. The van der Waals surface area contributed by atoms with Gasteiger partial charge in [0.15, 0.2) is 0 Å². The van der Waals surface area contributed by atoms with E-state index in [4.69, 9.17) is 4.52 Å². The van der Waals surface area contributed by atoms with Crippen molar-refractivity contribution in [2.45, 2.75) is 6.42 Å². The molecule has 1 aromatic heterocycles. The summed E-state index contributed by atoms with van der Waals surface area (Å²) in [6, 6.07) is 10.1.